The van der Waals surface area contributed by atoms with E-state index in [4.69, 9.17) is 4.99 Å². The fourth-order valence-electron chi connectivity index (χ4n) is 4.77. The van der Waals surface area contributed by atoms with Gasteiger partial charge in [-0.1, -0.05) is 32.9 Å². The summed E-state index contributed by atoms with van der Waals surface area (Å²) in [7, 11) is 0. The predicted molar refractivity (Wildman–Crippen MR) is 166 cm³/mol. The number of halogens is 1. The van der Waals surface area contributed by atoms with Crippen molar-refractivity contribution in [1.29, 1.82) is 0 Å². The molecule has 4 aromatic heterocycles. The summed E-state index contributed by atoms with van der Waals surface area (Å²) < 4.78 is 2.55. The maximum atomic E-state index is 5.31. The first-order chi connectivity index (χ1) is 19.9. The Morgan fingerprint density at radius 3 is 1.38 bits per heavy atom. The second-order valence-electron chi connectivity index (χ2n) is 8.92. The summed E-state index contributed by atoms with van der Waals surface area (Å²) in [5.41, 5.74) is 7.21. The van der Waals surface area contributed by atoms with Crippen LogP contribution in [0, 0.1) is 6.72 Å². The van der Waals surface area contributed by atoms with Gasteiger partial charge in [-0.25, -0.2) is 4.99 Å². The monoisotopic (exact) mass is 631 g/mol. The van der Waals surface area contributed by atoms with Gasteiger partial charge in [-0.05, 0) is 72.8 Å². The molecule has 8 heteroatoms. The van der Waals surface area contributed by atoms with Crippen LogP contribution in [0.15, 0.2) is 139 Å². The first-order valence-electron chi connectivity index (χ1n) is 12.7. The topological polar surface area (TPSA) is 70.4 Å². The maximum absolute atomic E-state index is 5.31. The second kappa shape index (κ2) is 10.7. The Bertz CT molecular complexity index is 1680. The van der Waals surface area contributed by atoms with E-state index in [0.717, 1.165) is 45.2 Å². The fraction of sp³-hybridized carbons (Fsp3) is 0. The summed E-state index contributed by atoms with van der Waals surface area (Å²) >= 11 is -0.564. The summed E-state index contributed by atoms with van der Waals surface area (Å²) in [5.74, 6) is 0. The Hall–Kier alpha value is -4.83. The number of aromatic nitrogens is 4. The average Bonchev–Trinajstić information content (AvgIpc) is 3.03. The zero-order valence-corrected chi connectivity index (χ0v) is 23.4. The van der Waals surface area contributed by atoms with Gasteiger partial charge in [0.25, 0.3) is 0 Å². The van der Waals surface area contributed by atoms with Crippen LogP contribution in [-0.2, 0) is 0 Å². The van der Waals surface area contributed by atoms with Gasteiger partial charge < -0.3 is 9.80 Å². The molecule has 5 heterocycles. The van der Waals surface area contributed by atoms with Crippen LogP contribution in [0.2, 0.25) is 0 Å². The Labute approximate surface area is 241 Å². The number of anilines is 6. The molecular weight excluding hydrogens is 609 g/mol. The van der Waals surface area contributed by atoms with Gasteiger partial charge in [0.15, 0.2) is 0 Å². The van der Waals surface area contributed by atoms with Gasteiger partial charge in [0.05, 0.1) is 20.2 Å². The molecule has 0 spiro atoms. The van der Waals surface area contributed by atoms with E-state index in [2.05, 4.69) is 66.1 Å². The molecule has 0 saturated carbocycles. The van der Waals surface area contributed by atoms with E-state index in [0.29, 0.717) is 0 Å². The first kappa shape index (κ1) is 24.2. The number of hydrogen-bond donors (Lipinski definition) is 0. The summed E-state index contributed by atoms with van der Waals surface area (Å²) in [4.78, 5) is 26.9. The second-order valence-corrected chi connectivity index (χ2v) is 11.7. The molecule has 0 radical (unpaired) electrons. The number of hydrogen-bond acceptors (Lipinski definition) is 7. The molecule has 0 amide bonds. The highest BCUT2D eigenvalue weighted by Crippen LogP contribution is 2.41. The van der Waals surface area contributed by atoms with Crippen LogP contribution in [0.4, 0.5) is 39.8 Å². The summed E-state index contributed by atoms with van der Waals surface area (Å²) in [6, 6.07) is 29.1. The van der Waals surface area contributed by atoms with Gasteiger partial charge >= 0.3 is 0 Å². The number of pyridine rings is 4. The van der Waals surface area contributed by atoms with Crippen molar-refractivity contribution >= 4 is 60.5 Å². The van der Waals surface area contributed by atoms with Gasteiger partial charge in [0, 0.05) is 75.9 Å². The minimum absolute atomic E-state index is 0.564. The fourth-order valence-corrected chi connectivity index (χ4v) is 7.66. The van der Waals surface area contributed by atoms with E-state index in [9.17, 15) is 0 Å². The highest BCUT2D eigenvalue weighted by molar-refractivity contribution is 14.2. The number of fused-ring (bicyclic) bond motifs is 2. The molecule has 1 aliphatic rings. The van der Waals surface area contributed by atoms with Crippen molar-refractivity contribution in [2.24, 2.45) is 4.99 Å². The van der Waals surface area contributed by atoms with Crippen molar-refractivity contribution in [1.82, 2.24) is 19.9 Å². The van der Waals surface area contributed by atoms with E-state index in [-0.39, 0.29) is 0 Å². The van der Waals surface area contributed by atoms with Crippen molar-refractivity contribution in [2.75, 3.05) is 9.80 Å². The molecule has 0 fully saturated rings. The number of rotatable bonds is 6. The number of para-hydroxylation sites is 1. The van der Waals surface area contributed by atoms with Crippen molar-refractivity contribution in [3.63, 3.8) is 0 Å². The van der Waals surface area contributed by atoms with E-state index < -0.39 is 20.7 Å². The normalized spacial score (nSPS) is 11.6. The summed E-state index contributed by atoms with van der Waals surface area (Å²) in [6.07, 6.45) is 14.6. The van der Waals surface area contributed by atoms with E-state index in [1.807, 2.05) is 98.1 Å². The summed E-state index contributed by atoms with van der Waals surface area (Å²) in [6.45, 7) is 0. The summed E-state index contributed by atoms with van der Waals surface area (Å²) in [5, 5.41) is 0.978. The van der Waals surface area contributed by atoms with Crippen molar-refractivity contribution in [3.8, 4) is 0 Å². The van der Waals surface area contributed by atoms with Crippen LogP contribution < -0.4 is 15.2 Å². The Morgan fingerprint density at radius 1 is 0.450 bits per heavy atom. The third-order valence-corrected chi connectivity index (χ3v) is 9.62. The molecule has 0 saturated heterocycles. The van der Waals surface area contributed by atoms with Crippen LogP contribution in [0.5, 0.6) is 0 Å². The lowest BCUT2D eigenvalue weighted by atomic mass is 10.1. The van der Waals surface area contributed by atoms with Crippen LogP contribution in [0.3, 0.4) is 0 Å². The minimum Gasteiger partial charge on any atom is -0.309 e. The standard InChI is InChI=1S/C32H22IN7/c1-2-4-28-27(3-1)33-31-29(39(23-7-15-34-16-8-23)24-9-17-35-18-10-24)5-6-30(32(31)38-28)40(25-11-19-36-20-12-25)26-13-21-37-22-14-26/h1-22H. The largest absolute Gasteiger partial charge is 0.309 e. The van der Waals surface area contributed by atoms with E-state index >= 15 is 0 Å². The molecule has 0 aliphatic carbocycles. The molecule has 7 rings (SSSR count). The van der Waals surface area contributed by atoms with Gasteiger partial charge in [0.1, 0.15) is 5.36 Å². The molecule has 6 aromatic rings. The van der Waals surface area contributed by atoms with Gasteiger partial charge in [-0.3, -0.25) is 19.9 Å². The quantitative estimate of drug-likeness (QED) is 0.177. The van der Waals surface area contributed by atoms with Crippen LogP contribution in [0.25, 0.3) is 0 Å². The Morgan fingerprint density at radius 2 is 0.875 bits per heavy atom. The van der Waals surface area contributed by atoms with Gasteiger partial charge in [-0.2, -0.15) is 0 Å². The molecule has 0 bridgehead atoms. The third-order valence-electron chi connectivity index (χ3n) is 6.52. The molecule has 0 N–H and O–H groups in total. The Balaban J connectivity index is 1.54. The number of nitrogens with zero attached hydrogens (tertiary/aromatic N) is 7. The average molecular weight is 631 g/mol. The van der Waals surface area contributed by atoms with Crippen LogP contribution in [0.1, 0.15) is 0 Å². The van der Waals surface area contributed by atoms with Crippen molar-refractivity contribution in [3.05, 3.63) is 147 Å². The molecular formula is C32H22IN7. The smallest absolute Gasteiger partial charge is 0.103 e. The number of benzene rings is 2. The zero-order chi connectivity index (χ0) is 26.7. The molecule has 7 nitrogen and oxygen atoms in total. The highest BCUT2D eigenvalue weighted by Gasteiger charge is 2.22. The molecule has 40 heavy (non-hydrogen) atoms. The zero-order valence-electron chi connectivity index (χ0n) is 21.2. The third kappa shape index (κ3) is 4.52. The molecule has 192 valence electrons. The molecule has 2 aromatic carbocycles. The van der Waals surface area contributed by atoms with E-state index in [1.165, 1.54) is 6.72 Å². The maximum Gasteiger partial charge on any atom is 0.103 e. The SMILES string of the molecule is c1ccc2c(c1)N=c1c(N(c3ccncc3)c3ccncc3)ccc(N(c3ccncc3)c3ccncc3)c1=I2. The van der Waals surface area contributed by atoms with Crippen molar-refractivity contribution < 1.29 is 0 Å². The van der Waals surface area contributed by atoms with E-state index in [1.54, 1.807) is 0 Å². The molecule has 0 unspecified atom stereocenters. The van der Waals surface area contributed by atoms with Crippen molar-refractivity contribution in [2.45, 2.75) is 0 Å². The van der Waals surface area contributed by atoms with Gasteiger partial charge in [-0.15, -0.1) is 0 Å². The predicted octanol–water partition coefficient (Wildman–Crippen LogP) is 7.56. The molecule has 0 atom stereocenters. The first-order valence-corrected chi connectivity index (χ1v) is 14.9. The lowest BCUT2D eigenvalue weighted by Crippen LogP contribution is -2.23. The van der Waals surface area contributed by atoms with Gasteiger partial charge in [0.2, 0.25) is 0 Å². The van der Waals surface area contributed by atoms with Crippen LogP contribution in [-0.4, -0.2) is 19.9 Å². The lowest BCUT2D eigenvalue weighted by Gasteiger charge is -2.29. The minimum atomic E-state index is -0.564. The Kier molecular flexibility index (Phi) is 6.50. The lowest BCUT2D eigenvalue weighted by molar-refractivity contribution is 1.17. The highest BCUT2D eigenvalue weighted by atomic mass is 127. The van der Waals surface area contributed by atoms with Crippen LogP contribution >= 0.6 is 20.7 Å². The molecule has 1 aliphatic heterocycles.